The molecule has 0 aliphatic carbocycles. The molecule has 1 aliphatic rings. The van der Waals surface area contributed by atoms with Gasteiger partial charge in [0.25, 0.3) is 0 Å². The molecule has 2 aromatic carbocycles. The van der Waals surface area contributed by atoms with Crippen molar-refractivity contribution in [2.75, 3.05) is 11.5 Å². The Kier molecular flexibility index (Phi) is 6.93. The molecular formula is C19H16BrClO2S2. The van der Waals surface area contributed by atoms with Gasteiger partial charge in [-0.15, -0.1) is 23.5 Å². The Hall–Kier alpha value is -0.880. The molecule has 0 atom stereocenters. The summed E-state index contributed by atoms with van der Waals surface area (Å²) in [5, 5.41) is 0.467. The van der Waals surface area contributed by atoms with E-state index in [4.69, 9.17) is 16.3 Å². The largest absolute Gasteiger partial charge is 0.422 e. The maximum atomic E-state index is 12.0. The van der Waals surface area contributed by atoms with Crippen LogP contribution in [0.1, 0.15) is 22.1 Å². The number of ether oxygens (including phenoxy) is 1. The Labute approximate surface area is 169 Å². The second-order valence-electron chi connectivity index (χ2n) is 5.42. The summed E-state index contributed by atoms with van der Waals surface area (Å²) in [5.74, 6) is 2.29. The third-order valence-electron chi connectivity index (χ3n) is 3.55. The molecule has 1 aliphatic heterocycles. The van der Waals surface area contributed by atoms with Crippen LogP contribution < -0.4 is 4.74 Å². The fourth-order valence-corrected chi connectivity index (χ4v) is 5.67. The summed E-state index contributed by atoms with van der Waals surface area (Å²) in [4.78, 5) is 12.0. The lowest BCUT2D eigenvalue weighted by atomic mass is 10.2. The summed E-state index contributed by atoms with van der Waals surface area (Å²) in [7, 11) is 0. The highest BCUT2D eigenvalue weighted by atomic mass is 79.9. The van der Waals surface area contributed by atoms with Gasteiger partial charge in [0.1, 0.15) is 5.75 Å². The number of hydrogen-bond donors (Lipinski definition) is 0. The number of esters is 1. The van der Waals surface area contributed by atoms with E-state index in [-0.39, 0.29) is 0 Å². The maximum absolute atomic E-state index is 12.0. The van der Waals surface area contributed by atoms with E-state index in [1.54, 1.807) is 12.1 Å². The van der Waals surface area contributed by atoms with E-state index in [2.05, 4.69) is 15.9 Å². The molecule has 1 fully saturated rings. The van der Waals surface area contributed by atoms with E-state index >= 15 is 0 Å². The lowest BCUT2D eigenvalue weighted by Gasteiger charge is -2.21. The highest BCUT2D eigenvalue weighted by Gasteiger charge is 2.18. The Balaban J connectivity index is 1.63. The molecule has 2 aromatic rings. The van der Waals surface area contributed by atoms with Crippen LogP contribution in [-0.2, 0) is 4.79 Å². The molecule has 0 unspecified atom stereocenters. The molecule has 0 amide bonds. The van der Waals surface area contributed by atoms with Crippen molar-refractivity contribution in [3.8, 4) is 5.75 Å². The highest BCUT2D eigenvalue weighted by molar-refractivity contribution is 9.10. The number of halogens is 2. The molecule has 6 heteroatoms. The quantitative estimate of drug-likeness (QED) is 0.295. The fourth-order valence-electron chi connectivity index (χ4n) is 2.31. The number of thioether (sulfide) groups is 2. The standard InChI is InChI=1S/C19H16BrClO2S2/c20-15-6-2-13(3-7-15)4-9-18(22)23-17-8-5-14(12-16(17)21)19-24-10-1-11-25-19/h2-9,12,19H,1,10-11H2/b9-4+. The molecule has 25 heavy (non-hydrogen) atoms. The molecule has 3 rings (SSSR count). The lowest BCUT2D eigenvalue weighted by Crippen LogP contribution is -2.05. The molecule has 0 saturated carbocycles. The van der Waals surface area contributed by atoms with Crippen LogP contribution in [0.15, 0.2) is 53.0 Å². The van der Waals surface area contributed by atoms with E-state index in [1.165, 1.54) is 29.6 Å². The monoisotopic (exact) mass is 454 g/mol. The van der Waals surface area contributed by atoms with Gasteiger partial charge in [0.2, 0.25) is 0 Å². The third kappa shape index (κ3) is 5.55. The van der Waals surface area contributed by atoms with Gasteiger partial charge >= 0.3 is 5.97 Å². The van der Waals surface area contributed by atoms with Crippen molar-refractivity contribution in [3.63, 3.8) is 0 Å². The summed E-state index contributed by atoms with van der Waals surface area (Å²) in [6.07, 6.45) is 4.37. The highest BCUT2D eigenvalue weighted by Crippen LogP contribution is 2.45. The van der Waals surface area contributed by atoms with Crippen LogP contribution in [0.3, 0.4) is 0 Å². The Morgan fingerprint density at radius 1 is 1.16 bits per heavy atom. The number of rotatable bonds is 4. The molecule has 0 spiro atoms. The number of benzene rings is 2. The number of carbonyl (C=O) groups excluding carboxylic acids is 1. The molecule has 0 N–H and O–H groups in total. The Morgan fingerprint density at radius 3 is 2.56 bits per heavy atom. The summed E-state index contributed by atoms with van der Waals surface area (Å²) >= 11 is 13.5. The predicted molar refractivity (Wildman–Crippen MR) is 113 cm³/mol. The maximum Gasteiger partial charge on any atom is 0.336 e. The van der Waals surface area contributed by atoms with Crippen LogP contribution in [0.5, 0.6) is 5.75 Å². The van der Waals surface area contributed by atoms with Crippen LogP contribution >= 0.6 is 51.1 Å². The van der Waals surface area contributed by atoms with Crippen molar-refractivity contribution in [2.24, 2.45) is 0 Å². The minimum absolute atomic E-state index is 0.390. The summed E-state index contributed by atoms with van der Waals surface area (Å²) in [5.41, 5.74) is 2.10. The van der Waals surface area contributed by atoms with Crippen molar-refractivity contribution >= 4 is 63.1 Å². The number of hydrogen-bond acceptors (Lipinski definition) is 4. The topological polar surface area (TPSA) is 26.3 Å². The SMILES string of the molecule is O=C(/C=C/c1ccc(Br)cc1)Oc1ccc(C2SCCCS2)cc1Cl. The lowest BCUT2D eigenvalue weighted by molar-refractivity contribution is -0.128. The number of carbonyl (C=O) groups is 1. The minimum Gasteiger partial charge on any atom is -0.422 e. The van der Waals surface area contributed by atoms with Gasteiger partial charge in [-0.2, -0.15) is 0 Å². The van der Waals surface area contributed by atoms with Crippen LogP contribution in [0.2, 0.25) is 5.02 Å². The van der Waals surface area contributed by atoms with Gasteiger partial charge in [0, 0.05) is 10.5 Å². The molecule has 2 nitrogen and oxygen atoms in total. The predicted octanol–water partition coefficient (Wildman–Crippen LogP) is 6.59. The summed E-state index contributed by atoms with van der Waals surface area (Å²) in [6, 6.07) is 13.3. The van der Waals surface area contributed by atoms with Gasteiger partial charge in [-0.1, -0.05) is 45.7 Å². The van der Waals surface area contributed by atoms with Gasteiger partial charge < -0.3 is 4.74 Å². The van der Waals surface area contributed by atoms with Crippen molar-refractivity contribution in [3.05, 3.63) is 69.2 Å². The van der Waals surface area contributed by atoms with E-state index < -0.39 is 5.97 Å². The minimum atomic E-state index is -0.445. The van der Waals surface area contributed by atoms with E-state index in [0.29, 0.717) is 15.4 Å². The summed E-state index contributed by atoms with van der Waals surface area (Å²) < 4.78 is 6.76. The van der Waals surface area contributed by atoms with Crippen LogP contribution in [0.25, 0.3) is 6.08 Å². The van der Waals surface area contributed by atoms with E-state index in [9.17, 15) is 4.79 Å². The van der Waals surface area contributed by atoms with Crippen LogP contribution in [0.4, 0.5) is 0 Å². The molecular weight excluding hydrogens is 440 g/mol. The third-order valence-corrected chi connectivity index (χ3v) is 7.39. The summed E-state index contributed by atoms with van der Waals surface area (Å²) in [6.45, 7) is 0. The van der Waals surface area contributed by atoms with Gasteiger partial charge in [-0.3, -0.25) is 0 Å². The zero-order valence-corrected chi connectivity index (χ0v) is 17.3. The first-order valence-electron chi connectivity index (χ1n) is 7.80. The van der Waals surface area contributed by atoms with E-state index in [0.717, 1.165) is 10.0 Å². The van der Waals surface area contributed by atoms with Gasteiger partial charge in [-0.25, -0.2) is 4.79 Å². The first-order valence-corrected chi connectivity index (χ1v) is 11.1. The second-order valence-corrected chi connectivity index (χ2v) is 9.47. The smallest absolute Gasteiger partial charge is 0.336 e. The zero-order valence-electron chi connectivity index (χ0n) is 13.3. The van der Waals surface area contributed by atoms with Crippen molar-refractivity contribution in [2.45, 2.75) is 11.0 Å². The van der Waals surface area contributed by atoms with E-state index in [1.807, 2.05) is 59.9 Å². The van der Waals surface area contributed by atoms with Crippen molar-refractivity contribution < 1.29 is 9.53 Å². The first kappa shape index (κ1) is 18.9. The van der Waals surface area contributed by atoms with Crippen molar-refractivity contribution in [1.82, 2.24) is 0 Å². The molecule has 1 heterocycles. The zero-order chi connectivity index (χ0) is 17.6. The van der Waals surface area contributed by atoms with Gasteiger partial charge in [0.05, 0.1) is 9.60 Å². The fraction of sp³-hybridized carbons (Fsp3) is 0.211. The molecule has 130 valence electrons. The first-order chi connectivity index (χ1) is 12.1. The molecule has 1 saturated heterocycles. The molecule has 0 aromatic heterocycles. The molecule has 0 bridgehead atoms. The average molecular weight is 456 g/mol. The van der Waals surface area contributed by atoms with Gasteiger partial charge in [0.15, 0.2) is 0 Å². The van der Waals surface area contributed by atoms with Crippen LogP contribution in [-0.4, -0.2) is 17.5 Å². The Morgan fingerprint density at radius 2 is 1.88 bits per heavy atom. The normalized spacial score (nSPS) is 15.4. The van der Waals surface area contributed by atoms with Gasteiger partial charge in [-0.05, 0) is 59.4 Å². The van der Waals surface area contributed by atoms with Crippen LogP contribution in [0, 0.1) is 0 Å². The average Bonchev–Trinajstić information content (AvgIpc) is 2.64. The molecule has 0 radical (unpaired) electrons. The van der Waals surface area contributed by atoms with Crippen molar-refractivity contribution in [1.29, 1.82) is 0 Å². The second kappa shape index (κ2) is 9.17. The Bertz CT molecular complexity index is 771.